The first-order valence-corrected chi connectivity index (χ1v) is 15.6. The number of ether oxygens (including phenoxy) is 1. The maximum absolute atomic E-state index is 13.8. The van der Waals surface area contributed by atoms with E-state index in [0.717, 1.165) is 86.1 Å². The van der Waals surface area contributed by atoms with Gasteiger partial charge in [-0.25, -0.2) is 14.4 Å². The van der Waals surface area contributed by atoms with E-state index in [1.807, 2.05) is 0 Å². The van der Waals surface area contributed by atoms with Gasteiger partial charge >= 0.3 is 6.01 Å². The Hall–Kier alpha value is -4.05. The number of aromatic nitrogens is 4. The van der Waals surface area contributed by atoms with Crippen LogP contribution in [0.1, 0.15) is 42.6 Å². The predicted molar refractivity (Wildman–Crippen MR) is 165 cm³/mol. The van der Waals surface area contributed by atoms with Crippen molar-refractivity contribution < 1.29 is 13.9 Å². The first-order valence-electron chi connectivity index (χ1n) is 15.6. The summed E-state index contributed by atoms with van der Waals surface area (Å²) < 4.78 is 20.1. The normalized spacial score (nSPS) is 22.2. The maximum Gasteiger partial charge on any atom is 0.318 e. The fourth-order valence-electron chi connectivity index (χ4n) is 7.01. The van der Waals surface area contributed by atoms with Gasteiger partial charge in [-0.3, -0.25) is 4.79 Å². The number of halogens is 1. The average molecular weight is 605 g/mol. The lowest BCUT2D eigenvalue weighted by atomic mass is 10.1. The Morgan fingerprint density at radius 1 is 1.00 bits per heavy atom. The van der Waals surface area contributed by atoms with Gasteiger partial charge in [0, 0.05) is 64.3 Å². The fraction of sp³-hybridized carbons (Fsp3) is 0.613. The highest BCUT2D eigenvalue weighted by Gasteiger charge is 2.35. The van der Waals surface area contributed by atoms with Crippen LogP contribution in [0.5, 0.6) is 6.01 Å². The molecule has 6 heterocycles. The van der Waals surface area contributed by atoms with Crippen LogP contribution in [0.4, 0.5) is 21.7 Å². The second-order valence-electron chi connectivity index (χ2n) is 12.2. The summed E-state index contributed by atoms with van der Waals surface area (Å²) in [6.45, 7) is 8.27. The lowest BCUT2D eigenvalue weighted by Gasteiger charge is -2.41. The smallest absolute Gasteiger partial charge is 0.318 e. The fourth-order valence-corrected chi connectivity index (χ4v) is 7.01. The molecule has 6 rings (SSSR count). The molecular weight excluding hydrogens is 563 g/mol. The summed E-state index contributed by atoms with van der Waals surface area (Å²) in [5, 5.41) is 9.53. The van der Waals surface area contributed by atoms with Crippen LogP contribution < -0.4 is 19.4 Å². The van der Waals surface area contributed by atoms with Crippen LogP contribution in [0, 0.1) is 11.3 Å². The van der Waals surface area contributed by atoms with Crippen LogP contribution >= 0.6 is 0 Å². The topological polar surface area (TPSA) is 118 Å². The van der Waals surface area contributed by atoms with E-state index in [1.165, 1.54) is 4.90 Å². The molecule has 0 unspecified atom stereocenters. The number of carbonyl (C=O) groups excluding carboxylic acids is 1. The van der Waals surface area contributed by atoms with Crippen LogP contribution in [-0.2, 0) is 24.1 Å². The summed E-state index contributed by atoms with van der Waals surface area (Å²) >= 11 is 0. The second kappa shape index (κ2) is 12.9. The largest absolute Gasteiger partial charge is 0.462 e. The number of fused-ring (bicyclic) bond motifs is 2. The maximum atomic E-state index is 13.8. The Kier molecular flexibility index (Phi) is 8.79. The Bertz CT molecular complexity index is 1450. The molecule has 0 spiro atoms. The lowest BCUT2D eigenvalue weighted by Crippen LogP contribution is -2.55. The SMILES string of the molecule is C=C(F)C(=O)N1CCN(c2nc(OC[C@@H]3CCCN3C)nc3c2CCN(c2ncnc4c2N(C)CCC4)CC3)C[C@@H]1CC#N. The predicted octanol–water partition coefficient (Wildman–Crippen LogP) is 2.14. The summed E-state index contributed by atoms with van der Waals surface area (Å²) in [4.78, 5) is 42.2. The Morgan fingerprint density at radius 3 is 2.61 bits per heavy atom. The number of aryl methyl sites for hydroxylation is 1. The summed E-state index contributed by atoms with van der Waals surface area (Å²) in [7, 11) is 4.22. The van der Waals surface area contributed by atoms with E-state index >= 15 is 0 Å². The van der Waals surface area contributed by atoms with Crippen molar-refractivity contribution in [3.8, 4) is 12.1 Å². The van der Waals surface area contributed by atoms with Crippen molar-refractivity contribution in [1.82, 2.24) is 29.7 Å². The van der Waals surface area contributed by atoms with Gasteiger partial charge in [-0.05, 0) is 45.7 Å². The van der Waals surface area contributed by atoms with Crippen molar-refractivity contribution in [3.05, 3.63) is 35.7 Å². The van der Waals surface area contributed by atoms with E-state index in [0.29, 0.717) is 44.6 Å². The molecule has 0 bridgehead atoms. The molecular formula is C31H41FN10O2. The minimum atomic E-state index is -1.01. The number of amides is 1. The zero-order chi connectivity index (χ0) is 30.8. The molecule has 2 fully saturated rings. The third kappa shape index (κ3) is 6.00. The molecule has 4 aliphatic rings. The third-order valence-electron chi connectivity index (χ3n) is 9.45. The molecule has 44 heavy (non-hydrogen) atoms. The number of likely N-dealkylation sites (tertiary alicyclic amines) is 1. The Labute approximate surface area is 258 Å². The molecule has 2 aromatic rings. The Balaban J connectivity index is 1.30. The van der Waals surface area contributed by atoms with Gasteiger partial charge in [0.1, 0.15) is 24.4 Å². The number of anilines is 3. The number of nitriles is 1. The number of rotatable bonds is 7. The Morgan fingerprint density at radius 2 is 1.84 bits per heavy atom. The first-order chi connectivity index (χ1) is 21.3. The number of likely N-dealkylation sites (N-methyl/N-ethyl adjacent to an activating group) is 1. The summed E-state index contributed by atoms with van der Waals surface area (Å²) in [6.07, 6.45) is 7.39. The zero-order valence-electron chi connectivity index (χ0n) is 25.7. The highest BCUT2D eigenvalue weighted by Crippen LogP contribution is 2.35. The molecule has 2 aromatic heterocycles. The van der Waals surface area contributed by atoms with Crippen molar-refractivity contribution in [2.24, 2.45) is 0 Å². The molecule has 234 valence electrons. The van der Waals surface area contributed by atoms with Crippen molar-refractivity contribution >= 4 is 23.2 Å². The van der Waals surface area contributed by atoms with Gasteiger partial charge in [-0.1, -0.05) is 6.58 Å². The zero-order valence-corrected chi connectivity index (χ0v) is 25.7. The van der Waals surface area contributed by atoms with Crippen LogP contribution in [-0.4, -0.2) is 114 Å². The van der Waals surface area contributed by atoms with Gasteiger partial charge in [0.15, 0.2) is 11.6 Å². The van der Waals surface area contributed by atoms with Crippen molar-refractivity contribution in [1.29, 1.82) is 5.26 Å². The van der Waals surface area contributed by atoms with E-state index in [-0.39, 0.29) is 13.0 Å². The highest BCUT2D eigenvalue weighted by atomic mass is 19.1. The summed E-state index contributed by atoms with van der Waals surface area (Å²) in [6, 6.07) is 2.35. The van der Waals surface area contributed by atoms with Crippen molar-refractivity contribution in [3.63, 3.8) is 0 Å². The number of piperazine rings is 1. The molecule has 0 saturated carbocycles. The van der Waals surface area contributed by atoms with E-state index in [9.17, 15) is 14.4 Å². The first kappa shape index (κ1) is 30.0. The van der Waals surface area contributed by atoms with E-state index in [4.69, 9.17) is 19.7 Å². The van der Waals surface area contributed by atoms with Crippen molar-refractivity contribution in [2.75, 3.05) is 81.2 Å². The van der Waals surface area contributed by atoms with Gasteiger partial charge in [0.05, 0.1) is 29.9 Å². The monoisotopic (exact) mass is 604 g/mol. The molecule has 2 atom stereocenters. The van der Waals surface area contributed by atoms with Crippen LogP contribution in [0.2, 0.25) is 0 Å². The van der Waals surface area contributed by atoms with Gasteiger partial charge in [-0.2, -0.15) is 15.2 Å². The molecule has 0 aliphatic carbocycles. The molecule has 0 radical (unpaired) electrons. The molecule has 4 aliphatic heterocycles. The van der Waals surface area contributed by atoms with Crippen LogP contribution in [0.25, 0.3) is 0 Å². The van der Waals surface area contributed by atoms with Gasteiger partial charge < -0.3 is 29.2 Å². The number of hydrogen-bond acceptors (Lipinski definition) is 11. The minimum Gasteiger partial charge on any atom is -0.462 e. The molecule has 13 heteroatoms. The standard InChI is InChI=1S/C31H41FN10O2/c1-21(32)30(43)42-17-16-41(18-22(42)8-11-33)28-24-9-14-40(29-27-26(34-20-35-29)7-5-13-39(27)3)15-10-25(24)36-31(37-28)44-19-23-6-4-12-38(23)2/h20,22-23H,1,4-10,12-19H2,2-3H3/t22-,23-/m0/s1. The lowest BCUT2D eigenvalue weighted by molar-refractivity contribution is -0.131. The van der Waals surface area contributed by atoms with E-state index in [2.05, 4.69) is 51.3 Å². The molecule has 1 amide bonds. The van der Waals surface area contributed by atoms with Crippen LogP contribution in [0.15, 0.2) is 18.7 Å². The highest BCUT2D eigenvalue weighted by molar-refractivity contribution is 5.91. The number of hydrogen-bond donors (Lipinski definition) is 0. The number of carbonyl (C=O) groups is 1. The molecule has 2 saturated heterocycles. The van der Waals surface area contributed by atoms with E-state index < -0.39 is 17.8 Å². The van der Waals surface area contributed by atoms with Gasteiger partial charge in [0.25, 0.3) is 5.91 Å². The van der Waals surface area contributed by atoms with Gasteiger partial charge in [-0.15, -0.1) is 0 Å². The average Bonchev–Trinajstić information content (AvgIpc) is 3.31. The quantitative estimate of drug-likeness (QED) is 0.433. The molecule has 0 aromatic carbocycles. The molecule has 12 nitrogen and oxygen atoms in total. The minimum absolute atomic E-state index is 0.0836. The van der Waals surface area contributed by atoms with Gasteiger partial charge in [0.2, 0.25) is 0 Å². The summed E-state index contributed by atoms with van der Waals surface area (Å²) in [5.41, 5.74) is 4.18. The van der Waals surface area contributed by atoms with Crippen molar-refractivity contribution in [2.45, 2.75) is 57.0 Å². The van der Waals surface area contributed by atoms with Crippen LogP contribution in [0.3, 0.4) is 0 Å². The number of nitrogens with zero attached hydrogens (tertiary/aromatic N) is 10. The molecule has 0 N–H and O–H groups in total. The van der Waals surface area contributed by atoms with E-state index in [1.54, 1.807) is 6.33 Å². The summed E-state index contributed by atoms with van der Waals surface area (Å²) in [5.74, 6) is -0.0529. The second-order valence-corrected chi connectivity index (χ2v) is 12.2. The third-order valence-corrected chi connectivity index (χ3v) is 9.45.